The predicted molar refractivity (Wildman–Crippen MR) is 146 cm³/mol. The van der Waals surface area contributed by atoms with Gasteiger partial charge in [0.25, 0.3) is 5.91 Å². The van der Waals surface area contributed by atoms with Crippen LogP contribution >= 0.6 is 0 Å². The zero-order valence-electron chi connectivity index (χ0n) is 21.5. The normalized spacial score (nSPS) is 16.8. The molecule has 7 nitrogen and oxygen atoms in total. The van der Waals surface area contributed by atoms with Crippen molar-refractivity contribution < 1.29 is 13.2 Å². The van der Waals surface area contributed by atoms with Gasteiger partial charge in [0.05, 0.1) is 39.9 Å². The number of aryl methyl sites for hydroxylation is 2. The van der Waals surface area contributed by atoms with Crippen LogP contribution in [0.25, 0.3) is 22.3 Å². The zero-order valence-corrected chi connectivity index (χ0v) is 22.3. The van der Waals surface area contributed by atoms with Crippen molar-refractivity contribution in [3.8, 4) is 11.3 Å². The molecule has 4 aromatic rings. The minimum Gasteiger partial charge on any atom is -0.335 e. The number of fused-ring (bicyclic) bond motifs is 1. The minimum atomic E-state index is -3.12. The number of pyridine rings is 1. The summed E-state index contributed by atoms with van der Waals surface area (Å²) in [5.41, 5.74) is 5.65. The summed E-state index contributed by atoms with van der Waals surface area (Å²) in [6.45, 7) is 6.99. The Labute approximate surface area is 218 Å². The third kappa shape index (κ3) is 5.03. The first-order valence-electron chi connectivity index (χ1n) is 12.8. The van der Waals surface area contributed by atoms with Crippen molar-refractivity contribution in [2.24, 2.45) is 0 Å². The maximum absolute atomic E-state index is 14.0. The number of rotatable bonds is 7. The van der Waals surface area contributed by atoms with Gasteiger partial charge < -0.3 is 4.90 Å². The van der Waals surface area contributed by atoms with Crippen molar-refractivity contribution in [1.82, 2.24) is 19.7 Å². The van der Waals surface area contributed by atoms with Gasteiger partial charge in [-0.3, -0.25) is 4.79 Å². The van der Waals surface area contributed by atoms with Crippen molar-refractivity contribution in [2.45, 2.75) is 46.2 Å². The van der Waals surface area contributed by atoms with E-state index in [0.29, 0.717) is 47.5 Å². The number of sulfone groups is 1. The highest BCUT2D eigenvalue weighted by molar-refractivity contribution is 7.91. The Morgan fingerprint density at radius 3 is 2.41 bits per heavy atom. The summed E-state index contributed by atoms with van der Waals surface area (Å²) in [6, 6.07) is 19.7. The molecule has 2 aromatic heterocycles. The fourth-order valence-electron chi connectivity index (χ4n) is 5.07. The maximum atomic E-state index is 14.0. The number of amides is 1. The fraction of sp³-hybridized carbons (Fsp3) is 0.345. The molecule has 0 radical (unpaired) electrons. The lowest BCUT2D eigenvalue weighted by molar-refractivity contribution is 0.0754. The quantitative estimate of drug-likeness (QED) is 0.345. The molecule has 0 bridgehead atoms. The Bertz CT molecular complexity index is 1540. The standard InChI is InChI=1S/C29H32N4O3S/c1-4-21-11-13-23(14-12-21)26-17-25(29(34)32(5-2)18-22-9-7-6-8-10-22)27-20(3)31-33(28(27)30-26)24-15-16-37(35,36)19-24/h6-14,17,24H,4-5,15-16,18-19H2,1-3H3. The number of hydrogen-bond acceptors (Lipinski definition) is 5. The molecule has 1 amide bonds. The SMILES string of the molecule is CCc1ccc(-c2cc(C(=O)N(CC)Cc3ccccc3)c3c(C)nn(C4CCS(=O)(=O)C4)c3n2)cc1. The molecule has 3 heterocycles. The molecule has 1 atom stereocenters. The average Bonchev–Trinajstić information content (AvgIpc) is 3.45. The van der Waals surface area contributed by atoms with Crippen LogP contribution in [0.5, 0.6) is 0 Å². The highest BCUT2D eigenvalue weighted by Gasteiger charge is 2.33. The fourth-order valence-corrected chi connectivity index (χ4v) is 6.76. The number of benzene rings is 2. The van der Waals surface area contributed by atoms with Gasteiger partial charge in [-0.25, -0.2) is 18.1 Å². The molecule has 37 heavy (non-hydrogen) atoms. The van der Waals surface area contributed by atoms with Crippen molar-refractivity contribution in [1.29, 1.82) is 0 Å². The summed E-state index contributed by atoms with van der Waals surface area (Å²) in [5, 5.41) is 5.42. The smallest absolute Gasteiger partial charge is 0.255 e. The number of aromatic nitrogens is 3. The van der Waals surface area contributed by atoms with Crippen LogP contribution in [0.15, 0.2) is 60.7 Å². The van der Waals surface area contributed by atoms with Crippen LogP contribution < -0.4 is 0 Å². The van der Waals surface area contributed by atoms with Gasteiger partial charge >= 0.3 is 0 Å². The summed E-state index contributed by atoms with van der Waals surface area (Å²) in [5.74, 6) is 0.0911. The molecule has 0 spiro atoms. The molecule has 192 valence electrons. The molecule has 1 unspecified atom stereocenters. The lowest BCUT2D eigenvalue weighted by Gasteiger charge is -2.22. The van der Waals surface area contributed by atoms with E-state index in [4.69, 9.17) is 10.1 Å². The van der Waals surface area contributed by atoms with Crippen molar-refractivity contribution in [2.75, 3.05) is 18.1 Å². The Morgan fingerprint density at radius 2 is 1.78 bits per heavy atom. The molecular formula is C29H32N4O3S. The Hall–Kier alpha value is -3.52. The van der Waals surface area contributed by atoms with Gasteiger partial charge in [0.15, 0.2) is 15.5 Å². The summed E-state index contributed by atoms with van der Waals surface area (Å²) in [6.07, 6.45) is 1.43. The number of carbonyl (C=O) groups is 1. The average molecular weight is 517 g/mol. The first-order chi connectivity index (χ1) is 17.8. The van der Waals surface area contributed by atoms with E-state index in [9.17, 15) is 13.2 Å². The molecule has 5 rings (SSSR count). The van der Waals surface area contributed by atoms with Crippen LogP contribution in [0.2, 0.25) is 0 Å². The van der Waals surface area contributed by atoms with Gasteiger partial charge in [-0.2, -0.15) is 5.10 Å². The molecule has 1 aliphatic heterocycles. The molecule has 1 saturated heterocycles. The molecule has 0 saturated carbocycles. The Balaban J connectivity index is 1.66. The molecule has 2 aromatic carbocycles. The van der Waals surface area contributed by atoms with E-state index in [2.05, 4.69) is 19.1 Å². The third-order valence-corrected chi connectivity index (χ3v) is 8.92. The van der Waals surface area contributed by atoms with Gasteiger partial charge in [0, 0.05) is 18.7 Å². The van der Waals surface area contributed by atoms with Gasteiger partial charge in [-0.1, -0.05) is 61.5 Å². The van der Waals surface area contributed by atoms with E-state index in [1.165, 1.54) is 5.56 Å². The van der Waals surface area contributed by atoms with Gasteiger partial charge in [-0.15, -0.1) is 0 Å². The van der Waals surface area contributed by atoms with E-state index in [0.717, 1.165) is 17.5 Å². The lowest BCUT2D eigenvalue weighted by atomic mass is 10.0. The number of nitrogens with zero attached hydrogens (tertiary/aromatic N) is 4. The van der Waals surface area contributed by atoms with Crippen LogP contribution in [-0.4, -0.2) is 52.0 Å². The highest BCUT2D eigenvalue weighted by Crippen LogP contribution is 2.33. The highest BCUT2D eigenvalue weighted by atomic mass is 32.2. The van der Waals surface area contributed by atoms with E-state index in [1.54, 1.807) is 4.68 Å². The molecule has 0 N–H and O–H groups in total. The summed E-state index contributed by atoms with van der Waals surface area (Å²) >= 11 is 0. The zero-order chi connectivity index (χ0) is 26.2. The number of carbonyl (C=O) groups excluding carboxylic acids is 1. The molecule has 1 aliphatic rings. The van der Waals surface area contributed by atoms with Crippen molar-refractivity contribution in [3.63, 3.8) is 0 Å². The molecule has 8 heteroatoms. The summed E-state index contributed by atoms with van der Waals surface area (Å²) < 4.78 is 26.3. The van der Waals surface area contributed by atoms with Crippen LogP contribution in [-0.2, 0) is 22.8 Å². The largest absolute Gasteiger partial charge is 0.335 e. The minimum absolute atomic E-state index is 0.0404. The molecule has 1 fully saturated rings. The first kappa shape index (κ1) is 25.1. The second-order valence-electron chi connectivity index (χ2n) is 9.70. The van der Waals surface area contributed by atoms with Gasteiger partial charge in [0.2, 0.25) is 0 Å². The first-order valence-corrected chi connectivity index (χ1v) is 14.6. The summed E-state index contributed by atoms with van der Waals surface area (Å²) in [7, 11) is -3.12. The topological polar surface area (TPSA) is 85.2 Å². The van der Waals surface area contributed by atoms with Gasteiger partial charge in [-0.05, 0) is 43.9 Å². The predicted octanol–water partition coefficient (Wildman–Crippen LogP) is 4.99. The van der Waals surface area contributed by atoms with E-state index in [1.807, 2.05) is 67.3 Å². The number of hydrogen-bond donors (Lipinski definition) is 0. The lowest BCUT2D eigenvalue weighted by Crippen LogP contribution is -2.30. The monoisotopic (exact) mass is 516 g/mol. The van der Waals surface area contributed by atoms with Crippen LogP contribution in [0.4, 0.5) is 0 Å². The second-order valence-corrected chi connectivity index (χ2v) is 11.9. The van der Waals surface area contributed by atoms with Crippen LogP contribution in [0.3, 0.4) is 0 Å². The summed E-state index contributed by atoms with van der Waals surface area (Å²) in [4.78, 5) is 20.8. The molecular weight excluding hydrogens is 484 g/mol. The second kappa shape index (κ2) is 10.1. The Morgan fingerprint density at radius 1 is 1.05 bits per heavy atom. The molecule has 0 aliphatic carbocycles. The van der Waals surface area contributed by atoms with Crippen LogP contribution in [0, 0.1) is 6.92 Å². The van der Waals surface area contributed by atoms with E-state index in [-0.39, 0.29) is 23.5 Å². The van der Waals surface area contributed by atoms with Crippen LogP contribution in [0.1, 0.15) is 53.5 Å². The van der Waals surface area contributed by atoms with Crippen molar-refractivity contribution in [3.05, 3.63) is 83.0 Å². The van der Waals surface area contributed by atoms with Gasteiger partial charge in [0.1, 0.15) is 0 Å². The third-order valence-electron chi connectivity index (χ3n) is 7.16. The Kier molecular flexibility index (Phi) is 6.86. The maximum Gasteiger partial charge on any atom is 0.255 e. The van der Waals surface area contributed by atoms with E-state index >= 15 is 0 Å². The van der Waals surface area contributed by atoms with E-state index < -0.39 is 9.84 Å². The van der Waals surface area contributed by atoms with Crippen molar-refractivity contribution >= 4 is 26.8 Å².